The number of methoxy groups -OCH3 is 1. The summed E-state index contributed by atoms with van der Waals surface area (Å²) in [5.41, 5.74) is 1.94. The van der Waals surface area contributed by atoms with Crippen molar-refractivity contribution in [3.63, 3.8) is 0 Å². The minimum Gasteiger partial charge on any atom is -0.496 e. The second kappa shape index (κ2) is 3.90. The normalized spacial score (nSPS) is 9.50. The molecule has 0 N–H and O–H groups in total. The number of hydrogen-bond acceptors (Lipinski definition) is 2. The Bertz CT molecular complexity index is 279. The molecule has 0 amide bonds. The molecule has 0 heterocycles. The molecule has 1 rings (SSSR count). The monoisotopic (exact) mass is 163 g/mol. The van der Waals surface area contributed by atoms with Gasteiger partial charge in [0.15, 0.2) is 0 Å². The number of para-hydroxylation sites is 1. The Morgan fingerprint density at radius 2 is 2.25 bits per heavy atom. The Hall–Kier alpha value is -1.31. The van der Waals surface area contributed by atoms with Crippen molar-refractivity contribution in [2.45, 2.75) is 13.3 Å². The molecule has 0 aliphatic heterocycles. The summed E-state index contributed by atoms with van der Waals surface area (Å²) < 4.78 is 5.15. The van der Waals surface area contributed by atoms with E-state index in [1.165, 1.54) is 0 Å². The number of carbonyl (C=O) groups excluding carboxylic acids is 1. The van der Waals surface area contributed by atoms with E-state index in [9.17, 15) is 4.79 Å². The van der Waals surface area contributed by atoms with Crippen LogP contribution in [-0.4, -0.2) is 13.4 Å². The Morgan fingerprint density at radius 1 is 1.50 bits per heavy atom. The predicted molar refractivity (Wildman–Crippen MR) is 47.1 cm³/mol. The van der Waals surface area contributed by atoms with Crippen molar-refractivity contribution >= 4 is 6.29 Å². The summed E-state index contributed by atoms with van der Waals surface area (Å²) in [5, 5.41) is 0. The van der Waals surface area contributed by atoms with Crippen LogP contribution in [-0.2, 0) is 11.2 Å². The third-order valence-electron chi connectivity index (χ3n) is 1.76. The minimum atomic E-state index is 0.296. The van der Waals surface area contributed by atoms with Crippen LogP contribution >= 0.6 is 0 Å². The molecular weight excluding hydrogens is 152 g/mol. The topological polar surface area (TPSA) is 26.3 Å². The fourth-order valence-electron chi connectivity index (χ4n) is 1.22. The number of hydrogen-bond donors (Lipinski definition) is 0. The van der Waals surface area contributed by atoms with Crippen molar-refractivity contribution in [1.82, 2.24) is 0 Å². The predicted octanol–water partition coefficient (Wildman–Crippen LogP) is 1.66. The summed E-state index contributed by atoms with van der Waals surface area (Å²) >= 11 is 0. The summed E-state index contributed by atoms with van der Waals surface area (Å²) in [7, 11) is 1.61. The van der Waals surface area contributed by atoms with E-state index >= 15 is 0 Å². The fourth-order valence-corrected chi connectivity index (χ4v) is 1.22. The molecule has 1 radical (unpaired) electrons. The zero-order chi connectivity index (χ0) is 8.97. The molecule has 0 saturated carbocycles. The maximum absolute atomic E-state index is 10.2. The highest BCUT2D eigenvalue weighted by Gasteiger charge is 2.04. The molecule has 0 aliphatic carbocycles. The maximum Gasteiger partial charge on any atom is 0.203 e. The Balaban J connectivity index is 3.08. The van der Waals surface area contributed by atoms with Crippen LogP contribution in [0.1, 0.15) is 11.1 Å². The van der Waals surface area contributed by atoms with Crippen LogP contribution in [0.5, 0.6) is 5.75 Å². The third-order valence-corrected chi connectivity index (χ3v) is 1.76. The molecule has 0 unspecified atom stereocenters. The van der Waals surface area contributed by atoms with Crippen molar-refractivity contribution < 1.29 is 9.53 Å². The molecule has 12 heavy (non-hydrogen) atoms. The van der Waals surface area contributed by atoms with Gasteiger partial charge < -0.3 is 4.74 Å². The quantitative estimate of drug-likeness (QED) is 0.677. The number of ether oxygens (including phenoxy) is 1. The number of rotatable bonds is 3. The molecule has 0 fully saturated rings. The smallest absolute Gasteiger partial charge is 0.203 e. The highest BCUT2D eigenvalue weighted by molar-refractivity contribution is 5.59. The van der Waals surface area contributed by atoms with Crippen molar-refractivity contribution in [2.75, 3.05) is 7.11 Å². The van der Waals surface area contributed by atoms with Crippen LogP contribution < -0.4 is 4.74 Å². The van der Waals surface area contributed by atoms with Gasteiger partial charge in [0, 0.05) is 12.0 Å². The summed E-state index contributed by atoms with van der Waals surface area (Å²) in [6.07, 6.45) is 2.15. The molecule has 63 valence electrons. The van der Waals surface area contributed by atoms with E-state index in [2.05, 4.69) is 0 Å². The van der Waals surface area contributed by atoms with Crippen LogP contribution in [0.4, 0.5) is 0 Å². The molecular formula is C10H11O2. The van der Waals surface area contributed by atoms with E-state index in [-0.39, 0.29) is 0 Å². The zero-order valence-electron chi connectivity index (χ0n) is 7.26. The first-order chi connectivity index (χ1) is 5.79. The number of aryl methyl sites for hydroxylation is 1. The molecule has 0 spiro atoms. The van der Waals surface area contributed by atoms with Gasteiger partial charge >= 0.3 is 0 Å². The highest BCUT2D eigenvalue weighted by atomic mass is 16.5. The third kappa shape index (κ3) is 1.64. The molecule has 0 aliphatic rings. The van der Waals surface area contributed by atoms with Crippen molar-refractivity contribution in [3.8, 4) is 5.75 Å². The van der Waals surface area contributed by atoms with Crippen molar-refractivity contribution in [2.24, 2.45) is 0 Å². The largest absolute Gasteiger partial charge is 0.496 e. The standard InChI is InChI=1S/C10H11O2/c1-8-4-3-5-9(6-7-11)10(8)12-2/h3-5H,6H2,1-2H3. The van der Waals surface area contributed by atoms with E-state index < -0.39 is 0 Å². The van der Waals surface area contributed by atoms with Gasteiger partial charge in [0.25, 0.3) is 0 Å². The number of benzene rings is 1. The first-order valence-corrected chi connectivity index (χ1v) is 3.77. The SMILES string of the molecule is COc1c(C)cccc1C[C]=O. The zero-order valence-corrected chi connectivity index (χ0v) is 7.26. The summed E-state index contributed by atoms with van der Waals surface area (Å²) in [4.78, 5) is 10.2. The van der Waals surface area contributed by atoms with E-state index in [4.69, 9.17) is 4.74 Å². The van der Waals surface area contributed by atoms with Gasteiger partial charge in [-0.15, -0.1) is 0 Å². The van der Waals surface area contributed by atoms with E-state index in [1.54, 1.807) is 7.11 Å². The van der Waals surface area contributed by atoms with Gasteiger partial charge in [-0.2, -0.15) is 0 Å². The second-order valence-electron chi connectivity index (χ2n) is 2.59. The Kier molecular flexibility index (Phi) is 2.86. The maximum atomic E-state index is 10.2. The first-order valence-electron chi connectivity index (χ1n) is 3.77. The molecule has 2 heteroatoms. The van der Waals surface area contributed by atoms with Crippen LogP contribution in [0.2, 0.25) is 0 Å². The van der Waals surface area contributed by atoms with Gasteiger partial charge in [0.2, 0.25) is 6.29 Å². The van der Waals surface area contributed by atoms with E-state index in [0.717, 1.165) is 16.9 Å². The average molecular weight is 163 g/mol. The van der Waals surface area contributed by atoms with Crippen LogP contribution in [0.15, 0.2) is 18.2 Å². The highest BCUT2D eigenvalue weighted by Crippen LogP contribution is 2.22. The van der Waals surface area contributed by atoms with Crippen molar-refractivity contribution in [3.05, 3.63) is 29.3 Å². The van der Waals surface area contributed by atoms with Crippen LogP contribution in [0.25, 0.3) is 0 Å². The lowest BCUT2D eigenvalue weighted by Gasteiger charge is -2.07. The van der Waals surface area contributed by atoms with Gasteiger partial charge in [0.05, 0.1) is 7.11 Å². The lowest BCUT2D eigenvalue weighted by molar-refractivity contribution is 0.407. The average Bonchev–Trinajstić information content (AvgIpc) is 2.05. The molecule has 0 bridgehead atoms. The molecule has 0 atom stereocenters. The van der Waals surface area contributed by atoms with Crippen LogP contribution in [0.3, 0.4) is 0 Å². The van der Waals surface area contributed by atoms with Crippen LogP contribution in [0, 0.1) is 6.92 Å². The summed E-state index contributed by atoms with van der Waals surface area (Å²) in [6, 6.07) is 5.73. The van der Waals surface area contributed by atoms with Gasteiger partial charge in [0.1, 0.15) is 5.75 Å². The van der Waals surface area contributed by atoms with Gasteiger partial charge in [-0.3, -0.25) is 4.79 Å². The molecule has 1 aromatic rings. The first kappa shape index (κ1) is 8.78. The van der Waals surface area contributed by atoms with Gasteiger partial charge in [-0.05, 0) is 12.5 Å². The van der Waals surface area contributed by atoms with E-state index in [0.29, 0.717) is 6.42 Å². The summed E-state index contributed by atoms with van der Waals surface area (Å²) in [5.74, 6) is 0.792. The van der Waals surface area contributed by atoms with Crippen molar-refractivity contribution in [1.29, 1.82) is 0 Å². The lowest BCUT2D eigenvalue weighted by Crippen LogP contribution is -1.94. The minimum absolute atomic E-state index is 0.296. The Morgan fingerprint density at radius 3 is 2.83 bits per heavy atom. The van der Waals surface area contributed by atoms with E-state index in [1.807, 2.05) is 31.4 Å². The summed E-state index contributed by atoms with van der Waals surface area (Å²) in [6.45, 7) is 1.95. The molecule has 1 aromatic carbocycles. The van der Waals surface area contributed by atoms with Gasteiger partial charge in [-0.1, -0.05) is 18.2 Å². The molecule has 0 saturated heterocycles. The second-order valence-corrected chi connectivity index (χ2v) is 2.59. The molecule has 0 aromatic heterocycles. The van der Waals surface area contributed by atoms with Gasteiger partial charge in [-0.25, -0.2) is 0 Å². The fraction of sp³-hybridized carbons (Fsp3) is 0.300. The molecule has 2 nitrogen and oxygen atoms in total. The Labute approximate surface area is 72.2 Å². The lowest BCUT2D eigenvalue weighted by atomic mass is 10.1.